The lowest BCUT2D eigenvalue weighted by atomic mass is 9.97. The minimum Gasteiger partial charge on any atom is -0.496 e. The predicted octanol–water partition coefficient (Wildman–Crippen LogP) is 4.33. The van der Waals surface area contributed by atoms with E-state index >= 15 is 0 Å². The lowest BCUT2D eigenvalue weighted by molar-refractivity contribution is -0.134. The zero-order chi connectivity index (χ0) is 31.2. The fourth-order valence-corrected chi connectivity index (χ4v) is 4.40. The number of benzene rings is 2. The van der Waals surface area contributed by atoms with Gasteiger partial charge in [0.15, 0.2) is 0 Å². The lowest BCUT2D eigenvalue weighted by Crippen LogP contribution is -2.50. The number of aliphatic imine (C=N–C) groups is 1. The molecule has 42 heavy (non-hydrogen) atoms. The van der Waals surface area contributed by atoms with Gasteiger partial charge in [0.1, 0.15) is 11.6 Å². The van der Waals surface area contributed by atoms with Gasteiger partial charge < -0.3 is 20.3 Å². The number of amides is 3. The van der Waals surface area contributed by atoms with Crippen molar-refractivity contribution in [3.05, 3.63) is 64.2 Å². The number of halogens is 1. The molecule has 0 saturated heterocycles. The highest BCUT2D eigenvalue weighted by Crippen LogP contribution is 2.27. The molecular formula is C29H37ClN4O8. The second-order valence-corrected chi connectivity index (χ2v) is 9.78. The zero-order valence-electron chi connectivity index (χ0n) is 24.1. The second kappa shape index (κ2) is 16.9. The number of hydroxylamine groups is 1. The van der Waals surface area contributed by atoms with E-state index < -0.39 is 35.8 Å². The number of imide groups is 1. The summed E-state index contributed by atoms with van der Waals surface area (Å²) in [6, 6.07) is 10.5. The molecule has 2 aromatic carbocycles. The van der Waals surface area contributed by atoms with E-state index in [9.17, 15) is 19.5 Å². The number of carbonyl (C=O) groups excluding carboxylic acids is 2. The Morgan fingerprint density at radius 2 is 1.81 bits per heavy atom. The van der Waals surface area contributed by atoms with Crippen LogP contribution in [-0.4, -0.2) is 71.6 Å². The Morgan fingerprint density at radius 3 is 2.38 bits per heavy atom. The first kappa shape index (κ1) is 34.0. The lowest BCUT2D eigenvalue weighted by Gasteiger charge is -2.27. The number of amidine groups is 1. The average molecular weight is 605 g/mol. The number of aliphatic carboxylic acids is 1. The molecule has 3 amide bonds. The Balaban J connectivity index is 0.00000144. The van der Waals surface area contributed by atoms with Crippen LogP contribution in [0.2, 0.25) is 5.02 Å². The van der Waals surface area contributed by atoms with E-state index in [0.717, 1.165) is 29.4 Å². The molecule has 0 saturated carbocycles. The fourth-order valence-electron chi connectivity index (χ4n) is 4.21. The summed E-state index contributed by atoms with van der Waals surface area (Å²) in [7, 11) is 1.54. The summed E-state index contributed by atoms with van der Waals surface area (Å²) in [5.41, 5.74) is 4.37. The van der Waals surface area contributed by atoms with Gasteiger partial charge in [-0.15, -0.1) is 0 Å². The molecule has 1 aliphatic heterocycles. The van der Waals surface area contributed by atoms with Crippen molar-refractivity contribution in [3.63, 3.8) is 0 Å². The maximum absolute atomic E-state index is 13.7. The average Bonchev–Trinajstić information content (AvgIpc) is 3.10. The smallest absolute Gasteiger partial charge is 0.335 e. The van der Waals surface area contributed by atoms with Crippen LogP contribution >= 0.6 is 11.6 Å². The standard InChI is InChI=1S/C27H33ClN4O6.C2H4O2/c1-4-6-22(17-7-9-18(10-8-17)26(34)35)30-27(36)32-16-24(31-38-5-2)29-15-20(25(32)33)13-19-14-21(28)11-12-23(19)37-3;1-2(3)4/h7-12,14,20,22H,4-6,13,15-16H2,1-3H3,(H,29,31)(H,30,36)(H,34,35);1H3,(H,3,4)/t20-,22?;/m0./s1. The molecule has 3 rings (SSSR count). The Bertz CT molecular complexity index is 1260. The number of carboxylic acids is 2. The third-order valence-electron chi connectivity index (χ3n) is 6.15. The minimum absolute atomic E-state index is 0.0926. The highest BCUT2D eigenvalue weighted by Gasteiger charge is 2.34. The van der Waals surface area contributed by atoms with Gasteiger partial charge in [-0.05, 0) is 61.2 Å². The number of ether oxygens (including phenoxy) is 1. The van der Waals surface area contributed by atoms with E-state index in [2.05, 4.69) is 15.8 Å². The molecule has 0 radical (unpaired) electrons. The number of carboxylic acid groups (broad SMARTS) is 2. The third-order valence-corrected chi connectivity index (χ3v) is 6.38. The van der Waals surface area contributed by atoms with Gasteiger partial charge in [-0.3, -0.25) is 29.8 Å². The van der Waals surface area contributed by atoms with Crippen molar-refractivity contribution in [2.45, 2.75) is 46.1 Å². The van der Waals surface area contributed by atoms with Gasteiger partial charge in [0.25, 0.3) is 5.97 Å². The summed E-state index contributed by atoms with van der Waals surface area (Å²) in [6.45, 7) is 5.28. The highest BCUT2D eigenvalue weighted by atomic mass is 35.5. The highest BCUT2D eigenvalue weighted by molar-refractivity contribution is 6.30. The molecule has 2 aromatic rings. The predicted molar refractivity (Wildman–Crippen MR) is 157 cm³/mol. The van der Waals surface area contributed by atoms with Crippen LogP contribution in [0.3, 0.4) is 0 Å². The Hall–Kier alpha value is -4.16. The molecule has 1 unspecified atom stereocenters. The van der Waals surface area contributed by atoms with E-state index in [1.54, 1.807) is 44.4 Å². The fraction of sp³-hybridized carbons (Fsp3) is 0.414. The number of hydrogen-bond acceptors (Lipinski definition) is 8. The van der Waals surface area contributed by atoms with Crippen molar-refractivity contribution in [2.24, 2.45) is 10.9 Å². The first-order valence-electron chi connectivity index (χ1n) is 13.4. The summed E-state index contributed by atoms with van der Waals surface area (Å²) in [6.07, 6.45) is 1.63. The van der Waals surface area contributed by atoms with Gasteiger partial charge >= 0.3 is 12.0 Å². The Labute approximate surface area is 249 Å². The van der Waals surface area contributed by atoms with Crippen molar-refractivity contribution >= 4 is 41.3 Å². The van der Waals surface area contributed by atoms with E-state index in [0.29, 0.717) is 29.6 Å². The molecule has 1 aliphatic rings. The molecule has 0 aliphatic carbocycles. The molecule has 13 heteroatoms. The van der Waals surface area contributed by atoms with Crippen LogP contribution in [0.5, 0.6) is 5.75 Å². The number of nitrogens with zero attached hydrogens (tertiary/aromatic N) is 2. The van der Waals surface area contributed by atoms with E-state index in [1.807, 2.05) is 6.92 Å². The molecule has 228 valence electrons. The number of aromatic carboxylic acids is 1. The Morgan fingerprint density at radius 1 is 1.14 bits per heavy atom. The molecule has 0 aromatic heterocycles. The maximum atomic E-state index is 13.7. The maximum Gasteiger partial charge on any atom is 0.335 e. The van der Waals surface area contributed by atoms with Crippen LogP contribution in [0, 0.1) is 5.92 Å². The van der Waals surface area contributed by atoms with Gasteiger partial charge in [0, 0.05) is 11.9 Å². The molecule has 0 spiro atoms. The Kier molecular flexibility index (Phi) is 13.7. The molecular weight excluding hydrogens is 568 g/mol. The van der Waals surface area contributed by atoms with Crippen molar-refractivity contribution in [1.82, 2.24) is 15.7 Å². The van der Waals surface area contributed by atoms with Gasteiger partial charge in [0.05, 0.1) is 44.3 Å². The summed E-state index contributed by atoms with van der Waals surface area (Å²) in [5.74, 6) is -1.95. The second-order valence-electron chi connectivity index (χ2n) is 9.34. The molecule has 12 nitrogen and oxygen atoms in total. The largest absolute Gasteiger partial charge is 0.496 e. The first-order valence-corrected chi connectivity index (χ1v) is 13.8. The van der Waals surface area contributed by atoms with E-state index in [-0.39, 0.29) is 25.1 Å². The third kappa shape index (κ3) is 10.3. The number of nitrogens with one attached hydrogen (secondary N) is 2. The quantitative estimate of drug-likeness (QED) is 0.289. The van der Waals surface area contributed by atoms with Crippen LogP contribution in [0.15, 0.2) is 47.5 Å². The van der Waals surface area contributed by atoms with Gasteiger partial charge in [-0.2, -0.15) is 0 Å². The van der Waals surface area contributed by atoms with Crippen LogP contribution in [0.25, 0.3) is 0 Å². The molecule has 2 atom stereocenters. The number of hydrogen-bond donors (Lipinski definition) is 4. The normalized spacial score (nSPS) is 15.4. The number of methoxy groups -OCH3 is 1. The minimum atomic E-state index is -1.03. The van der Waals surface area contributed by atoms with Gasteiger partial charge in [-0.25, -0.2) is 9.59 Å². The summed E-state index contributed by atoms with van der Waals surface area (Å²) >= 11 is 6.19. The van der Waals surface area contributed by atoms with Crippen molar-refractivity contribution in [1.29, 1.82) is 0 Å². The summed E-state index contributed by atoms with van der Waals surface area (Å²) < 4.78 is 5.44. The molecule has 1 heterocycles. The first-order chi connectivity index (χ1) is 20.0. The summed E-state index contributed by atoms with van der Waals surface area (Å²) in [4.78, 5) is 58.3. The van der Waals surface area contributed by atoms with Crippen molar-refractivity contribution < 1.29 is 39.0 Å². The number of carbonyl (C=O) groups is 4. The number of urea groups is 1. The number of rotatable bonds is 10. The molecule has 0 bridgehead atoms. The monoisotopic (exact) mass is 604 g/mol. The van der Waals surface area contributed by atoms with Crippen LogP contribution in [-0.2, 0) is 20.8 Å². The van der Waals surface area contributed by atoms with E-state index in [1.165, 1.54) is 12.1 Å². The summed E-state index contributed by atoms with van der Waals surface area (Å²) in [5, 5.41) is 20.1. The van der Waals surface area contributed by atoms with Gasteiger partial charge in [0.2, 0.25) is 5.91 Å². The van der Waals surface area contributed by atoms with E-state index in [4.69, 9.17) is 31.1 Å². The van der Waals surface area contributed by atoms with Crippen molar-refractivity contribution in [2.75, 3.05) is 26.8 Å². The van der Waals surface area contributed by atoms with Gasteiger partial charge in [-0.1, -0.05) is 37.1 Å². The molecule has 4 N–H and O–H groups in total. The molecule has 0 fully saturated rings. The van der Waals surface area contributed by atoms with Crippen molar-refractivity contribution in [3.8, 4) is 5.75 Å². The van der Waals surface area contributed by atoms with Crippen LogP contribution in [0.1, 0.15) is 61.1 Å². The van der Waals surface area contributed by atoms with Crippen LogP contribution in [0.4, 0.5) is 4.79 Å². The zero-order valence-corrected chi connectivity index (χ0v) is 24.8. The van der Waals surface area contributed by atoms with Crippen LogP contribution < -0.4 is 15.5 Å². The SMILES string of the molecule is CC(=O)O.CCCC(NC(=O)N1CC(NOCC)=NC[C@H](Cc2cc(Cl)ccc2OC)C1=O)c1ccc(C(=O)O)cc1. The topological polar surface area (TPSA) is 167 Å².